The van der Waals surface area contributed by atoms with Crippen molar-refractivity contribution in [3.05, 3.63) is 45.7 Å². The van der Waals surface area contributed by atoms with Gasteiger partial charge in [-0.15, -0.1) is 11.3 Å². The molecule has 92 valence electrons. The first kappa shape index (κ1) is 12.5. The van der Waals surface area contributed by atoms with Crippen LogP contribution >= 0.6 is 11.3 Å². The second-order valence-electron chi connectivity index (χ2n) is 4.07. The van der Waals surface area contributed by atoms with Crippen LogP contribution in [0.1, 0.15) is 34.5 Å². The summed E-state index contributed by atoms with van der Waals surface area (Å²) in [7, 11) is 0. The van der Waals surface area contributed by atoms with Crippen molar-refractivity contribution in [3.63, 3.8) is 0 Å². The Morgan fingerprint density at radius 1 is 1.50 bits per heavy atom. The molecule has 1 aromatic heterocycles. The molecule has 0 saturated heterocycles. The monoisotopic (exact) mass is 261 g/mol. The number of halogens is 1. The largest absolute Gasteiger partial charge is 0.375 e. The molecule has 1 atom stereocenters. The minimum atomic E-state index is -0.492. The summed E-state index contributed by atoms with van der Waals surface area (Å²) in [5.74, 6) is -0.443. The predicted octanol–water partition coefficient (Wildman–Crippen LogP) is 3.20. The number of hydrogen-bond acceptors (Lipinski definition) is 4. The van der Waals surface area contributed by atoms with Crippen molar-refractivity contribution in [1.29, 1.82) is 5.26 Å². The van der Waals surface area contributed by atoms with Gasteiger partial charge in [0.2, 0.25) is 0 Å². The van der Waals surface area contributed by atoms with E-state index in [1.54, 1.807) is 12.1 Å². The van der Waals surface area contributed by atoms with Crippen molar-refractivity contribution in [2.24, 2.45) is 0 Å². The van der Waals surface area contributed by atoms with E-state index in [9.17, 15) is 4.39 Å². The van der Waals surface area contributed by atoms with Gasteiger partial charge in [0.15, 0.2) is 5.13 Å². The van der Waals surface area contributed by atoms with E-state index in [1.165, 1.54) is 17.4 Å². The number of nitrogens with two attached hydrogens (primary N) is 1. The number of aromatic nitrogens is 1. The summed E-state index contributed by atoms with van der Waals surface area (Å²) < 4.78 is 13.3. The van der Waals surface area contributed by atoms with Crippen molar-refractivity contribution >= 4 is 16.5 Å². The molecule has 3 nitrogen and oxygen atoms in total. The third kappa shape index (κ3) is 2.20. The maximum Gasteiger partial charge on any atom is 0.180 e. The highest BCUT2D eigenvalue weighted by atomic mass is 32.1. The highest BCUT2D eigenvalue weighted by molar-refractivity contribution is 7.15. The van der Waals surface area contributed by atoms with Crippen molar-refractivity contribution in [3.8, 4) is 6.07 Å². The predicted molar refractivity (Wildman–Crippen MR) is 69.9 cm³/mol. The standard InChI is InChI=1S/C13H12FN3S/c1-7(12-8(2)17-13(16)18-12)9-3-4-11(14)10(5-9)6-15/h3-5,7H,1-2H3,(H2,16,17). The number of rotatable bonds is 2. The molecule has 1 heterocycles. The van der Waals surface area contributed by atoms with Crippen molar-refractivity contribution in [1.82, 2.24) is 4.98 Å². The molecule has 18 heavy (non-hydrogen) atoms. The maximum absolute atomic E-state index is 13.3. The van der Waals surface area contributed by atoms with Gasteiger partial charge < -0.3 is 5.73 Å². The summed E-state index contributed by atoms with van der Waals surface area (Å²) in [6.07, 6.45) is 0. The molecule has 0 radical (unpaired) electrons. The minimum Gasteiger partial charge on any atom is -0.375 e. The lowest BCUT2D eigenvalue weighted by molar-refractivity contribution is 0.622. The lowest BCUT2D eigenvalue weighted by Gasteiger charge is -2.11. The number of thiazole rings is 1. The molecule has 0 aliphatic rings. The Balaban J connectivity index is 2.43. The number of nitrogen functional groups attached to an aromatic ring is 1. The number of nitrogens with zero attached hydrogens (tertiary/aromatic N) is 2. The second-order valence-corrected chi connectivity index (χ2v) is 5.14. The van der Waals surface area contributed by atoms with Crippen LogP contribution in [-0.2, 0) is 0 Å². The fraction of sp³-hybridized carbons (Fsp3) is 0.231. The Morgan fingerprint density at radius 3 is 2.78 bits per heavy atom. The molecule has 2 rings (SSSR count). The lowest BCUT2D eigenvalue weighted by atomic mass is 9.97. The van der Waals surface area contributed by atoms with Gasteiger partial charge in [-0.25, -0.2) is 9.37 Å². The van der Waals surface area contributed by atoms with E-state index >= 15 is 0 Å². The quantitative estimate of drug-likeness (QED) is 0.903. The smallest absolute Gasteiger partial charge is 0.180 e. The van der Waals surface area contributed by atoms with Crippen molar-refractivity contribution in [2.45, 2.75) is 19.8 Å². The fourth-order valence-corrected chi connectivity index (χ4v) is 2.79. The molecular formula is C13H12FN3S. The van der Waals surface area contributed by atoms with E-state index in [2.05, 4.69) is 4.98 Å². The topological polar surface area (TPSA) is 62.7 Å². The lowest BCUT2D eigenvalue weighted by Crippen LogP contribution is -1.97. The molecule has 2 N–H and O–H groups in total. The zero-order valence-corrected chi connectivity index (χ0v) is 10.9. The van der Waals surface area contributed by atoms with E-state index in [4.69, 9.17) is 11.0 Å². The van der Waals surface area contributed by atoms with E-state index in [0.29, 0.717) is 5.13 Å². The van der Waals surface area contributed by atoms with Crippen molar-refractivity contribution in [2.75, 3.05) is 5.73 Å². The molecule has 0 amide bonds. The molecule has 1 aromatic carbocycles. The van der Waals surface area contributed by atoms with E-state index in [0.717, 1.165) is 16.1 Å². The first-order valence-electron chi connectivity index (χ1n) is 5.45. The Hall–Kier alpha value is -1.93. The van der Waals surface area contributed by atoms with E-state index in [1.807, 2.05) is 19.9 Å². The van der Waals surface area contributed by atoms with Crippen LogP contribution < -0.4 is 5.73 Å². The molecule has 2 aromatic rings. The van der Waals surface area contributed by atoms with Crippen LogP contribution in [0.15, 0.2) is 18.2 Å². The van der Waals surface area contributed by atoms with Gasteiger partial charge in [-0.3, -0.25) is 0 Å². The van der Waals surface area contributed by atoms with Gasteiger partial charge in [-0.2, -0.15) is 5.26 Å². The van der Waals surface area contributed by atoms with Crippen LogP contribution in [0.25, 0.3) is 0 Å². The highest BCUT2D eigenvalue weighted by Crippen LogP contribution is 2.33. The Bertz CT molecular complexity index is 628. The molecular weight excluding hydrogens is 249 g/mol. The summed E-state index contributed by atoms with van der Waals surface area (Å²) in [4.78, 5) is 5.22. The fourth-order valence-electron chi connectivity index (χ4n) is 1.88. The zero-order valence-electron chi connectivity index (χ0n) is 10.1. The molecule has 0 aliphatic carbocycles. The normalized spacial score (nSPS) is 12.1. The van der Waals surface area contributed by atoms with Gasteiger partial charge in [0.25, 0.3) is 0 Å². The van der Waals surface area contributed by atoms with Gasteiger partial charge in [-0.1, -0.05) is 13.0 Å². The molecule has 0 aliphatic heterocycles. The van der Waals surface area contributed by atoms with Gasteiger partial charge in [-0.05, 0) is 24.6 Å². The average Bonchev–Trinajstić information content (AvgIpc) is 2.68. The van der Waals surface area contributed by atoms with Crippen LogP contribution in [0.2, 0.25) is 0 Å². The number of hydrogen-bond donors (Lipinski definition) is 1. The second kappa shape index (κ2) is 4.75. The Labute approximate surface area is 109 Å². The average molecular weight is 261 g/mol. The third-order valence-corrected chi connectivity index (χ3v) is 4.02. The van der Waals surface area contributed by atoms with Crippen LogP contribution in [0.3, 0.4) is 0 Å². The Morgan fingerprint density at radius 2 is 2.22 bits per heavy atom. The summed E-state index contributed by atoms with van der Waals surface area (Å²) >= 11 is 1.42. The minimum absolute atomic E-state index is 0.0486. The van der Waals surface area contributed by atoms with Crippen LogP contribution in [0.5, 0.6) is 0 Å². The van der Waals surface area contributed by atoms with Crippen LogP contribution in [-0.4, -0.2) is 4.98 Å². The van der Waals surface area contributed by atoms with Gasteiger partial charge >= 0.3 is 0 Å². The SMILES string of the molecule is Cc1nc(N)sc1C(C)c1ccc(F)c(C#N)c1. The number of aryl methyl sites for hydroxylation is 1. The van der Waals surface area contributed by atoms with Crippen LogP contribution in [0, 0.1) is 24.1 Å². The molecule has 0 bridgehead atoms. The molecule has 0 fully saturated rings. The first-order valence-corrected chi connectivity index (χ1v) is 6.27. The summed E-state index contributed by atoms with van der Waals surface area (Å²) in [5, 5.41) is 9.36. The maximum atomic E-state index is 13.3. The summed E-state index contributed by atoms with van der Waals surface area (Å²) in [6, 6.07) is 6.44. The van der Waals surface area contributed by atoms with Gasteiger partial charge in [0.1, 0.15) is 11.9 Å². The number of anilines is 1. The summed E-state index contributed by atoms with van der Waals surface area (Å²) in [5.41, 5.74) is 7.51. The van der Waals surface area contributed by atoms with E-state index < -0.39 is 5.82 Å². The van der Waals surface area contributed by atoms with Gasteiger partial charge in [0, 0.05) is 10.8 Å². The molecule has 5 heteroatoms. The van der Waals surface area contributed by atoms with E-state index in [-0.39, 0.29) is 11.5 Å². The Kier molecular flexibility index (Phi) is 3.30. The van der Waals surface area contributed by atoms with Gasteiger partial charge in [0.05, 0.1) is 11.3 Å². The molecule has 1 unspecified atom stereocenters. The zero-order chi connectivity index (χ0) is 13.3. The summed E-state index contributed by atoms with van der Waals surface area (Å²) in [6.45, 7) is 3.89. The third-order valence-electron chi connectivity index (χ3n) is 2.85. The first-order chi connectivity index (χ1) is 8.52. The van der Waals surface area contributed by atoms with Crippen molar-refractivity contribution < 1.29 is 4.39 Å². The van der Waals surface area contributed by atoms with Crippen LogP contribution in [0.4, 0.5) is 9.52 Å². The number of nitriles is 1. The molecule has 0 saturated carbocycles. The molecule has 0 spiro atoms. The highest BCUT2D eigenvalue weighted by Gasteiger charge is 2.16. The number of benzene rings is 1.